The first-order chi connectivity index (χ1) is 19.0. The van der Waals surface area contributed by atoms with E-state index in [4.69, 9.17) is 11.6 Å². The summed E-state index contributed by atoms with van der Waals surface area (Å²) in [5.74, 6) is -1.12. The van der Waals surface area contributed by atoms with Gasteiger partial charge in [0.25, 0.3) is 5.91 Å². The molecule has 8 heteroatoms. The fourth-order valence-electron chi connectivity index (χ4n) is 5.25. The number of aryl methyl sites for hydroxylation is 1. The number of anilines is 1. The Hall–Kier alpha value is -2.54. The summed E-state index contributed by atoms with van der Waals surface area (Å²) in [6, 6.07) is 5.62. The molecule has 39 heavy (non-hydrogen) atoms. The van der Waals surface area contributed by atoms with Gasteiger partial charge in [-0.1, -0.05) is 121 Å². The van der Waals surface area contributed by atoms with Crippen molar-refractivity contribution in [2.45, 2.75) is 129 Å². The maximum atomic E-state index is 12.5. The van der Waals surface area contributed by atoms with Gasteiger partial charge in [-0.2, -0.15) is 5.01 Å². The first kappa shape index (κ1) is 31.0. The summed E-state index contributed by atoms with van der Waals surface area (Å²) in [7, 11) is 0. The van der Waals surface area contributed by atoms with Crippen molar-refractivity contribution in [1.29, 1.82) is 0 Å². The number of rotatable bonds is 20. The molecule has 1 fully saturated rings. The third kappa shape index (κ3) is 10.2. The summed E-state index contributed by atoms with van der Waals surface area (Å²) >= 11 is 6.51. The van der Waals surface area contributed by atoms with Crippen molar-refractivity contribution < 1.29 is 14.4 Å². The number of amides is 3. The monoisotopic (exact) mass is 556 g/mol. The molecule has 0 bridgehead atoms. The summed E-state index contributed by atoms with van der Waals surface area (Å²) in [6.45, 7) is 2.27. The van der Waals surface area contributed by atoms with Crippen LogP contribution in [-0.2, 0) is 20.8 Å². The average Bonchev–Trinajstić information content (AvgIpc) is 3.50. The van der Waals surface area contributed by atoms with E-state index in [2.05, 4.69) is 17.2 Å². The van der Waals surface area contributed by atoms with Crippen molar-refractivity contribution >= 4 is 35.0 Å². The number of hydrogen-bond donors (Lipinski definition) is 0. The molecule has 0 spiro atoms. The minimum Gasteiger partial charge on any atom is -0.272 e. The lowest BCUT2D eigenvalue weighted by atomic mass is 10.0. The second-order valence-corrected chi connectivity index (χ2v) is 11.2. The lowest BCUT2D eigenvalue weighted by Gasteiger charge is -2.31. The van der Waals surface area contributed by atoms with Gasteiger partial charge in [0.05, 0.1) is 16.8 Å². The molecule has 0 N–H and O–H groups in total. The number of nitrogens with zero attached hydrogens (tertiary/aromatic N) is 4. The SMILES string of the molecule is CCCCCCCCCCCCCCCCCCc1ccc(Cl)c(N(C2=CC(=O)N=N2)N2C(=O)CCC2=O)c1. The molecular formula is C31H45ClN4O3. The fourth-order valence-corrected chi connectivity index (χ4v) is 5.44. The third-order valence-electron chi connectivity index (χ3n) is 7.50. The fraction of sp³-hybridized carbons (Fsp3) is 0.645. The van der Waals surface area contributed by atoms with Gasteiger partial charge in [-0.15, -0.1) is 10.2 Å². The number of carbonyl (C=O) groups is 3. The molecular weight excluding hydrogens is 512 g/mol. The number of imide groups is 1. The largest absolute Gasteiger partial charge is 0.292 e. The van der Waals surface area contributed by atoms with Crippen LogP contribution in [0.3, 0.4) is 0 Å². The molecule has 0 unspecified atom stereocenters. The Morgan fingerprint density at radius 2 is 1.26 bits per heavy atom. The van der Waals surface area contributed by atoms with E-state index in [-0.39, 0.29) is 30.5 Å². The number of hydrazine groups is 1. The first-order valence-electron chi connectivity index (χ1n) is 15.1. The Kier molecular flexibility index (Phi) is 13.7. The Balaban J connectivity index is 1.36. The lowest BCUT2D eigenvalue weighted by Crippen LogP contribution is -2.45. The standard InChI is InChI=1S/C31H45ClN4O3/c1-2-3-4-5-6-7-8-9-10-11-12-13-14-15-16-17-18-25-19-20-26(32)27(23-25)35(28-24-29(37)34-33-28)36-30(38)21-22-31(36)39/h19-20,23-24H,2-18,21-22H2,1H3. The van der Waals surface area contributed by atoms with Crippen LogP contribution < -0.4 is 5.01 Å². The second kappa shape index (κ2) is 17.2. The molecule has 2 aliphatic rings. The van der Waals surface area contributed by atoms with Crippen LogP contribution in [0.15, 0.2) is 40.3 Å². The number of benzene rings is 1. The van der Waals surface area contributed by atoms with E-state index >= 15 is 0 Å². The van der Waals surface area contributed by atoms with Crippen LogP contribution in [0.2, 0.25) is 5.02 Å². The molecule has 0 aromatic heterocycles. The maximum absolute atomic E-state index is 12.5. The highest BCUT2D eigenvalue weighted by atomic mass is 35.5. The Labute approximate surface area is 239 Å². The number of hydrogen-bond acceptors (Lipinski definition) is 5. The topological polar surface area (TPSA) is 82.4 Å². The van der Waals surface area contributed by atoms with E-state index in [1.165, 1.54) is 101 Å². The number of carbonyl (C=O) groups excluding carboxylic acids is 3. The molecule has 214 valence electrons. The van der Waals surface area contributed by atoms with Crippen LogP contribution in [-0.4, -0.2) is 22.7 Å². The van der Waals surface area contributed by atoms with Gasteiger partial charge in [0.2, 0.25) is 11.8 Å². The molecule has 3 amide bonds. The van der Waals surface area contributed by atoms with E-state index in [1.54, 1.807) is 6.07 Å². The van der Waals surface area contributed by atoms with Crippen molar-refractivity contribution in [2.75, 3.05) is 5.01 Å². The van der Waals surface area contributed by atoms with Gasteiger partial charge in [-0.25, -0.2) is 5.01 Å². The zero-order chi connectivity index (χ0) is 27.9. The van der Waals surface area contributed by atoms with Gasteiger partial charge in [0, 0.05) is 12.8 Å². The molecule has 0 aliphatic carbocycles. The van der Waals surface area contributed by atoms with E-state index < -0.39 is 5.91 Å². The molecule has 1 saturated heterocycles. The third-order valence-corrected chi connectivity index (χ3v) is 7.82. The van der Waals surface area contributed by atoms with Crippen LogP contribution in [0.25, 0.3) is 0 Å². The van der Waals surface area contributed by atoms with Gasteiger partial charge in [-0.3, -0.25) is 14.4 Å². The minimum absolute atomic E-state index is 0.115. The average molecular weight is 557 g/mol. The predicted octanol–water partition coefficient (Wildman–Crippen LogP) is 8.85. The van der Waals surface area contributed by atoms with Crippen molar-refractivity contribution in [3.8, 4) is 0 Å². The van der Waals surface area contributed by atoms with E-state index in [0.717, 1.165) is 29.8 Å². The Morgan fingerprint density at radius 3 is 1.74 bits per heavy atom. The molecule has 0 radical (unpaired) electrons. The number of unbranched alkanes of at least 4 members (excludes halogenated alkanes) is 15. The molecule has 1 aromatic carbocycles. The first-order valence-corrected chi connectivity index (χ1v) is 15.5. The minimum atomic E-state index is -0.533. The number of halogens is 1. The molecule has 2 aliphatic heterocycles. The second-order valence-electron chi connectivity index (χ2n) is 10.8. The van der Waals surface area contributed by atoms with E-state index in [1.807, 2.05) is 12.1 Å². The summed E-state index contributed by atoms with van der Waals surface area (Å²) < 4.78 is 0. The highest BCUT2D eigenvalue weighted by Gasteiger charge is 2.38. The molecule has 0 saturated carbocycles. The van der Waals surface area contributed by atoms with Crippen molar-refractivity contribution in [3.05, 3.63) is 40.7 Å². The quantitative estimate of drug-likeness (QED) is 0.119. The van der Waals surface area contributed by atoms with Crippen molar-refractivity contribution in [2.24, 2.45) is 10.2 Å². The van der Waals surface area contributed by atoms with Gasteiger partial charge in [-0.05, 0) is 30.5 Å². The zero-order valence-electron chi connectivity index (χ0n) is 23.6. The van der Waals surface area contributed by atoms with Gasteiger partial charge < -0.3 is 0 Å². The van der Waals surface area contributed by atoms with Gasteiger partial charge >= 0.3 is 0 Å². The normalized spacial score (nSPS) is 15.1. The summed E-state index contributed by atoms with van der Waals surface area (Å²) in [4.78, 5) is 36.7. The Morgan fingerprint density at radius 1 is 0.744 bits per heavy atom. The Bertz CT molecular complexity index is 1010. The summed E-state index contributed by atoms with van der Waals surface area (Å²) in [5.41, 5.74) is 1.51. The lowest BCUT2D eigenvalue weighted by molar-refractivity contribution is -0.138. The van der Waals surface area contributed by atoms with E-state index in [9.17, 15) is 14.4 Å². The van der Waals surface area contributed by atoms with Crippen LogP contribution in [0.4, 0.5) is 5.69 Å². The van der Waals surface area contributed by atoms with Crippen molar-refractivity contribution in [1.82, 2.24) is 5.01 Å². The van der Waals surface area contributed by atoms with Crippen LogP contribution in [0.5, 0.6) is 0 Å². The summed E-state index contributed by atoms with van der Waals surface area (Å²) in [6.07, 6.45) is 23.6. The molecule has 0 atom stereocenters. The van der Waals surface area contributed by atoms with Gasteiger partial charge in [0.15, 0.2) is 5.82 Å². The van der Waals surface area contributed by atoms with Crippen LogP contribution >= 0.6 is 11.6 Å². The molecule has 3 rings (SSSR count). The smallest absolute Gasteiger partial charge is 0.272 e. The molecule has 1 aromatic rings. The zero-order valence-corrected chi connectivity index (χ0v) is 24.4. The van der Waals surface area contributed by atoms with Crippen LogP contribution in [0, 0.1) is 0 Å². The molecule has 2 heterocycles. The maximum Gasteiger partial charge on any atom is 0.292 e. The highest BCUT2D eigenvalue weighted by molar-refractivity contribution is 6.33. The number of azo groups is 1. The summed E-state index contributed by atoms with van der Waals surface area (Å²) in [5, 5.41) is 10.1. The van der Waals surface area contributed by atoms with Crippen molar-refractivity contribution in [3.63, 3.8) is 0 Å². The van der Waals surface area contributed by atoms with Gasteiger partial charge in [0.1, 0.15) is 0 Å². The van der Waals surface area contributed by atoms with Crippen LogP contribution in [0.1, 0.15) is 128 Å². The predicted molar refractivity (Wildman–Crippen MR) is 156 cm³/mol. The van der Waals surface area contributed by atoms with E-state index in [0.29, 0.717) is 10.7 Å². The molecule has 7 nitrogen and oxygen atoms in total. The highest BCUT2D eigenvalue weighted by Crippen LogP contribution is 2.35.